The van der Waals surface area contributed by atoms with E-state index in [4.69, 9.17) is 23.2 Å². The zero-order valence-corrected chi connectivity index (χ0v) is 5.97. The summed E-state index contributed by atoms with van der Waals surface area (Å²) >= 11 is 9.53. The largest absolute Gasteiger partial charge is 1.00 e. The van der Waals surface area contributed by atoms with Crippen LogP contribution in [-0.2, 0) is 0 Å². The Hall–Kier alpha value is 1.58. The Kier molecular flexibility index (Phi) is 20.1. The van der Waals surface area contributed by atoms with Gasteiger partial charge < -0.3 is 1.43 Å². The van der Waals surface area contributed by atoms with Gasteiger partial charge in [-0.1, -0.05) is 0 Å². The van der Waals surface area contributed by atoms with E-state index >= 15 is 0 Å². The van der Waals surface area contributed by atoms with E-state index in [9.17, 15) is 0 Å². The molecular formula is CH4Cl2Na+. The Morgan fingerprint density at radius 3 is 1.75 bits per heavy atom. The summed E-state index contributed by atoms with van der Waals surface area (Å²) in [5.41, 5.74) is 0. The fraction of sp³-hybridized carbons (Fsp3) is 1.00. The molecule has 0 rings (SSSR count). The van der Waals surface area contributed by atoms with E-state index in [0.29, 0.717) is 0 Å². The Balaban J connectivity index is -0.00000000667. The van der Waals surface area contributed by atoms with Gasteiger partial charge in [-0.3, -0.25) is 0 Å². The van der Waals surface area contributed by atoms with Crippen molar-refractivity contribution in [3.63, 3.8) is 0 Å². The number of hydrogen-bond donors (Lipinski definition) is 0. The van der Waals surface area contributed by atoms with E-state index in [1.807, 2.05) is 0 Å². The molecule has 0 amide bonds. The number of alkyl halides is 2. The fourth-order valence-corrected chi connectivity index (χ4v) is 0. The average molecular weight is 110 g/mol. The van der Waals surface area contributed by atoms with E-state index < -0.39 is 0 Å². The first-order valence-electron chi connectivity index (χ1n) is 0.535. The molecule has 0 fully saturated rings. The molecule has 0 nitrogen and oxygen atoms in total. The summed E-state index contributed by atoms with van der Waals surface area (Å²) in [4.78, 5) is 0. The monoisotopic (exact) mass is 109 g/mol. The molecule has 0 saturated heterocycles. The van der Waals surface area contributed by atoms with Gasteiger partial charge in [0.2, 0.25) is 0 Å². The molecule has 0 aromatic rings. The summed E-state index contributed by atoms with van der Waals surface area (Å²) in [7, 11) is 0. The maximum atomic E-state index is 4.76. The van der Waals surface area contributed by atoms with E-state index in [1.54, 1.807) is 0 Å². The molecule has 22 valence electrons. The van der Waals surface area contributed by atoms with Gasteiger partial charge in [-0.15, -0.1) is 23.2 Å². The molecule has 0 aliphatic heterocycles. The minimum absolute atomic E-state index is 0. The van der Waals surface area contributed by atoms with Gasteiger partial charge in [0.15, 0.2) is 0 Å². The zero-order valence-electron chi connectivity index (χ0n) is 4.46. The molecule has 0 N–H and O–H groups in total. The van der Waals surface area contributed by atoms with Crippen molar-refractivity contribution in [1.82, 2.24) is 0 Å². The van der Waals surface area contributed by atoms with Crippen molar-refractivity contribution in [2.45, 2.75) is 0 Å². The van der Waals surface area contributed by atoms with Crippen LogP contribution >= 0.6 is 23.2 Å². The first-order valence-corrected chi connectivity index (χ1v) is 1.60. The van der Waals surface area contributed by atoms with Crippen molar-refractivity contribution in [3.05, 3.63) is 0 Å². The predicted molar refractivity (Wildman–Crippen MR) is 18.8 cm³/mol. The van der Waals surface area contributed by atoms with Gasteiger partial charge in [0, 0.05) is 0 Å². The summed E-state index contributed by atoms with van der Waals surface area (Å²) in [6, 6.07) is 0. The molecule has 0 heterocycles. The Morgan fingerprint density at radius 2 is 1.75 bits per heavy atom. The summed E-state index contributed by atoms with van der Waals surface area (Å²) in [6.45, 7) is 0. The van der Waals surface area contributed by atoms with Crippen molar-refractivity contribution in [2.24, 2.45) is 0 Å². The van der Waals surface area contributed by atoms with Crippen LogP contribution < -0.4 is 29.6 Å². The van der Waals surface area contributed by atoms with Crippen LogP contribution in [0, 0.1) is 0 Å². The van der Waals surface area contributed by atoms with Crippen molar-refractivity contribution in [1.29, 1.82) is 0 Å². The molecule has 0 atom stereocenters. The minimum Gasteiger partial charge on any atom is -1.00 e. The van der Waals surface area contributed by atoms with Crippen LogP contribution in [0.4, 0.5) is 0 Å². The predicted octanol–water partition coefficient (Wildman–Crippen LogP) is -1.35. The molecule has 3 heteroatoms. The maximum absolute atomic E-state index is 4.76. The second-order valence-electron chi connectivity index (χ2n) is 0.101. The van der Waals surface area contributed by atoms with Gasteiger partial charge in [-0.25, -0.2) is 0 Å². The average Bonchev–Trinajstić information content (AvgIpc) is 0.918. The van der Waals surface area contributed by atoms with Crippen LogP contribution in [0.5, 0.6) is 0 Å². The second kappa shape index (κ2) is 8.82. The topological polar surface area (TPSA) is 0 Å². The molecule has 0 aliphatic carbocycles. The number of halogens is 2. The normalized spacial score (nSPS) is 4.50. The number of rotatable bonds is 0. The molecule has 0 radical (unpaired) electrons. The zero-order chi connectivity index (χ0) is 2.71. The fourth-order valence-electron chi connectivity index (χ4n) is 0. The van der Waals surface area contributed by atoms with Crippen LogP contribution in [0.2, 0.25) is 0 Å². The van der Waals surface area contributed by atoms with Gasteiger partial charge in [0.25, 0.3) is 0 Å². The van der Waals surface area contributed by atoms with Crippen LogP contribution in [0.25, 0.3) is 0 Å². The second-order valence-corrected chi connectivity index (χ2v) is 0.909. The first-order chi connectivity index (χ1) is 1.41. The van der Waals surface area contributed by atoms with Crippen LogP contribution in [0.15, 0.2) is 0 Å². The molecule has 0 aromatic carbocycles. The van der Waals surface area contributed by atoms with Gasteiger partial charge in [-0.2, -0.15) is 0 Å². The van der Waals surface area contributed by atoms with Gasteiger partial charge in [0.05, 0.1) is 5.34 Å². The van der Waals surface area contributed by atoms with Gasteiger partial charge >= 0.3 is 31.0 Å². The standard InChI is InChI=1S/CH2Cl2.Na.H/c2-1-3;;/h1H2;;/q;+1;-1/p+1. The summed E-state index contributed by atoms with van der Waals surface area (Å²) in [5.74, 6) is 0. The summed E-state index contributed by atoms with van der Waals surface area (Å²) in [5, 5.41) is 0.194. The Labute approximate surface area is 60.7 Å². The molecule has 0 aromatic heterocycles. The molecular weight excluding hydrogens is 106 g/mol. The SMILES string of the molecule is ClCCl.[H+].[H-].[Na+]. The Bertz CT molecular complexity index is 11.5. The van der Waals surface area contributed by atoms with Crippen LogP contribution in [0.3, 0.4) is 0 Å². The van der Waals surface area contributed by atoms with E-state index in [1.165, 1.54) is 0 Å². The third kappa shape index (κ3) is 9.55. The van der Waals surface area contributed by atoms with Gasteiger partial charge in [-0.05, 0) is 0 Å². The minimum atomic E-state index is 0. The summed E-state index contributed by atoms with van der Waals surface area (Å²) in [6.07, 6.45) is 0. The molecule has 4 heavy (non-hydrogen) atoms. The van der Waals surface area contributed by atoms with E-state index in [-0.39, 0.29) is 37.7 Å². The van der Waals surface area contributed by atoms with E-state index in [0.717, 1.165) is 0 Å². The first kappa shape index (κ1) is 9.13. The summed E-state index contributed by atoms with van der Waals surface area (Å²) < 4.78 is 0. The third-order valence-electron chi connectivity index (χ3n) is 0. The van der Waals surface area contributed by atoms with Crippen LogP contribution in [0.1, 0.15) is 2.85 Å². The molecule has 0 saturated carbocycles. The third-order valence-corrected chi connectivity index (χ3v) is 0. The molecule has 0 aliphatic rings. The van der Waals surface area contributed by atoms with Crippen molar-refractivity contribution >= 4 is 23.2 Å². The van der Waals surface area contributed by atoms with Crippen LogP contribution in [-0.4, -0.2) is 5.34 Å². The quantitative estimate of drug-likeness (QED) is 0.267. The molecule has 0 bridgehead atoms. The van der Waals surface area contributed by atoms with Gasteiger partial charge in [0.1, 0.15) is 0 Å². The maximum Gasteiger partial charge on any atom is 1.00 e. The smallest absolute Gasteiger partial charge is 1.00 e. The Morgan fingerprint density at radius 1 is 1.75 bits per heavy atom. The van der Waals surface area contributed by atoms with Crippen molar-refractivity contribution in [2.75, 3.05) is 5.34 Å². The van der Waals surface area contributed by atoms with Crippen molar-refractivity contribution < 1.29 is 32.4 Å². The van der Waals surface area contributed by atoms with Crippen molar-refractivity contribution in [3.8, 4) is 0 Å². The molecule has 0 spiro atoms. The number of hydrogen-bond acceptors (Lipinski definition) is 0. The van der Waals surface area contributed by atoms with E-state index in [2.05, 4.69) is 0 Å². The molecule has 0 unspecified atom stereocenters.